The number of hydrogen-bond donors (Lipinski definition) is 0. The first-order chi connectivity index (χ1) is 26.5. The molecule has 0 unspecified atom stereocenters. The first-order valence-electron chi connectivity index (χ1n) is 18.1. The second kappa shape index (κ2) is 11.5. The number of hydrogen-bond acceptors (Lipinski definition) is 6. The molecule has 0 atom stereocenters. The summed E-state index contributed by atoms with van der Waals surface area (Å²) in [7, 11) is 0. The quantitative estimate of drug-likeness (QED) is 0.182. The van der Waals surface area contributed by atoms with Gasteiger partial charge in [0.1, 0.15) is 33.8 Å². The number of aromatic nitrogens is 3. The monoisotopic (exact) mass is 697 g/mol. The molecule has 3 aromatic heterocycles. The smallest absolute Gasteiger partial charge is 0.164 e. The van der Waals surface area contributed by atoms with Crippen LogP contribution in [-0.4, -0.2) is 15.0 Å². The Hall–Kier alpha value is -7.05. The van der Waals surface area contributed by atoms with Gasteiger partial charge in [-0.3, -0.25) is 0 Å². The molecule has 54 heavy (non-hydrogen) atoms. The SMILES string of the molecule is CC1(C)c2ccccc2Oc2cc(-c3ccc4c(c3)oc3cc(-c5nc(-c6ccccc6)nc(-c6ccc7c(c6)oc6ccccc67)n5)ccc34)ccc21. The molecular formula is C48H31N3O3. The van der Waals surface area contributed by atoms with Crippen molar-refractivity contribution in [3.8, 4) is 56.8 Å². The molecule has 7 aromatic carbocycles. The van der Waals surface area contributed by atoms with Gasteiger partial charge >= 0.3 is 0 Å². The van der Waals surface area contributed by atoms with Crippen LogP contribution in [0.1, 0.15) is 25.0 Å². The number of rotatable bonds is 4. The zero-order valence-electron chi connectivity index (χ0n) is 29.5. The average Bonchev–Trinajstić information content (AvgIpc) is 3.78. The standard InChI is InChI=1S/C48H31N3O3/c1-48(2)37-13-7-9-15-40(37)53-44-25-30(19-23-38(44)48)29-16-20-35-36-22-18-32(27-43(36)54-41(35)24-29)47-50-45(28-10-4-3-5-11-28)49-46(51-47)31-17-21-34-33-12-6-8-14-39(33)52-42(34)26-31/h3-27H,1-2H3. The number of nitrogens with zero attached hydrogens (tertiary/aromatic N) is 3. The van der Waals surface area contributed by atoms with E-state index >= 15 is 0 Å². The second-order valence-electron chi connectivity index (χ2n) is 14.4. The Morgan fingerprint density at radius 2 is 0.852 bits per heavy atom. The molecule has 6 heteroatoms. The Morgan fingerprint density at radius 1 is 0.370 bits per heavy atom. The van der Waals surface area contributed by atoms with E-state index in [0.29, 0.717) is 17.5 Å². The molecule has 11 rings (SSSR count). The molecule has 0 saturated carbocycles. The zero-order valence-corrected chi connectivity index (χ0v) is 29.5. The Labute approximate surface area is 310 Å². The topological polar surface area (TPSA) is 74.2 Å². The third-order valence-electron chi connectivity index (χ3n) is 10.8. The van der Waals surface area contributed by atoms with Gasteiger partial charge in [-0.1, -0.05) is 111 Å². The van der Waals surface area contributed by atoms with E-state index in [9.17, 15) is 0 Å². The highest BCUT2D eigenvalue weighted by molar-refractivity contribution is 6.07. The van der Waals surface area contributed by atoms with E-state index in [2.05, 4.69) is 86.6 Å². The zero-order chi connectivity index (χ0) is 36.0. The maximum Gasteiger partial charge on any atom is 0.164 e. The molecule has 1 aliphatic rings. The number of furan rings is 2. The van der Waals surface area contributed by atoms with E-state index in [-0.39, 0.29) is 5.41 Å². The van der Waals surface area contributed by atoms with Crippen LogP contribution < -0.4 is 4.74 Å². The van der Waals surface area contributed by atoms with E-state index in [4.69, 9.17) is 28.5 Å². The summed E-state index contributed by atoms with van der Waals surface area (Å²) >= 11 is 0. The first kappa shape index (κ1) is 30.6. The van der Waals surface area contributed by atoms with E-state index in [1.807, 2.05) is 78.9 Å². The highest BCUT2D eigenvalue weighted by Crippen LogP contribution is 2.49. The van der Waals surface area contributed by atoms with Gasteiger partial charge in [0.2, 0.25) is 0 Å². The summed E-state index contributed by atoms with van der Waals surface area (Å²) in [4.78, 5) is 14.9. The summed E-state index contributed by atoms with van der Waals surface area (Å²) in [5.74, 6) is 3.51. The van der Waals surface area contributed by atoms with Crippen molar-refractivity contribution < 1.29 is 13.6 Å². The summed E-state index contributed by atoms with van der Waals surface area (Å²) in [6, 6.07) is 51.6. The predicted octanol–water partition coefficient (Wildman–Crippen LogP) is 12.8. The van der Waals surface area contributed by atoms with Crippen LogP contribution in [0.2, 0.25) is 0 Å². The van der Waals surface area contributed by atoms with Gasteiger partial charge in [-0.15, -0.1) is 0 Å². The van der Waals surface area contributed by atoms with E-state index in [1.165, 1.54) is 11.1 Å². The van der Waals surface area contributed by atoms with Gasteiger partial charge in [-0.25, -0.2) is 15.0 Å². The highest BCUT2D eigenvalue weighted by Gasteiger charge is 2.34. The largest absolute Gasteiger partial charge is 0.457 e. The minimum atomic E-state index is -0.160. The molecule has 0 aliphatic carbocycles. The predicted molar refractivity (Wildman–Crippen MR) is 215 cm³/mol. The van der Waals surface area contributed by atoms with Gasteiger partial charge in [0.15, 0.2) is 17.5 Å². The Kier molecular flexibility index (Phi) is 6.49. The van der Waals surface area contributed by atoms with Crippen LogP contribution in [0.5, 0.6) is 11.5 Å². The average molecular weight is 698 g/mol. The van der Waals surface area contributed by atoms with Gasteiger partial charge in [0.25, 0.3) is 0 Å². The van der Waals surface area contributed by atoms with Crippen molar-refractivity contribution in [3.05, 3.63) is 163 Å². The van der Waals surface area contributed by atoms with E-state index in [1.54, 1.807) is 0 Å². The molecule has 1 aliphatic heterocycles. The molecule has 4 heterocycles. The minimum absolute atomic E-state index is 0.160. The van der Waals surface area contributed by atoms with Crippen LogP contribution in [-0.2, 0) is 5.41 Å². The molecule has 10 aromatic rings. The van der Waals surface area contributed by atoms with Crippen molar-refractivity contribution in [2.75, 3.05) is 0 Å². The summed E-state index contributed by atoms with van der Waals surface area (Å²) in [6.07, 6.45) is 0. The molecule has 0 N–H and O–H groups in total. The van der Waals surface area contributed by atoms with Crippen LogP contribution in [0.4, 0.5) is 0 Å². The lowest BCUT2D eigenvalue weighted by Gasteiger charge is -2.34. The number of ether oxygens (including phenoxy) is 1. The van der Waals surface area contributed by atoms with Gasteiger partial charge in [-0.05, 0) is 65.7 Å². The summed E-state index contributed by atoms with van der Waals surface area (Å²) in [5, 5.41) is 4.21. The van der Waals surface area contributed by atoms with Crippen LogP contribution in [0.15, 0.2) is 160 Å². The lowest BCUT2D eigenvalue weighted by Crippen LogP contribution is -2.24. The Bertz CT molecular complexity index is 3120. The minimum Gasteiger partial charge on any atom is -0.457 e. The number of para-hydroxylation sites is 2. The Balaban J connectivity index is 0.990. The van der Waals surface area contributed by atoms with Crippen LogP contribution in [0, 0.1) is 0 Å². The third kappa shape index (κ3) is 4.77. The van der Waals surface area contributed by atoms with Crippen LogP contribution in [0.25, 0.3) is 89.2 Å². The molecule has 6 nitrogen and oxygen atoms in total. The summed E-state index contributed by atoms with van der Waals surface area (Å²) in [6.45, 7) is 4.51. The van der Waals surface area contributed by atoms with E-state index < -0.39 is 0 Å². The normalized spacial score (nSPS) is 13.3. The molecule has 0 radical (unpaired) electrons. The highest BCUT2D eigenvalue weighted by atomic mass is 16.5. The van der Waals surface area contributed by atoms with Gasteiger partial charge in [-0.2, -0.15) is 0 Å². The number of fused-ring (bicyclic) bond motifs is 8. The fourth-order valence-corrected chi connectivity index (χ4v) is 7.95. The Morgan fingerprint density at radius 3 is 1.56 bits per heavy atom. The molecule has 256 valence electrons. The van der Waals surface area contributed by atoms with Crippen molar-refractivity contribution in [1.82, 2.24) is 15.0 Å². The molecule has 0 spiro atoms. The van der Waals surface area contributed by atoms with Crippen molar-refractivity contribution >= 4 is 43.9 Å². The fraction of sp³-hybridized carbons (Fsp3) is 0.0625. The first-order valence-corrected chi connectivity index (χ1v) is 18.1. The maximum absolute atomic E-state index is 6.56. The number of benzene rings is 7. The lowest BCUT2D eigenvalue weighted by atomic mass is 9.75. The maximum atomic E-state index is 6.56. The summed E-state index contributed by atoms with van der Waals surface area (Å²) < 4.78 is 19.2. The van der Waals surface area contributed by atoms with Gasteiger partial charge < -0.3 is 13.6 Å². The molecule has 0 bridgehead atoms. The fourth-order valence-electron chi connectivity index (χ4n) is 7.95. The van der Waals surface area contributed by atoms with Gasteiger partial charge in [0, 0.05) is 54.8 Å². The van der Waals surface area contributed by atoms with E-state index in [0.717, 1.165) is 83.2 Å². The van der Waals surface area contributed by atoms with Crippen molar-refractivity contribution in [2.24, 2.45) is 0 Å². The van der Waals surface area contributed by atoms with Crippen molar-refractivity contribution in [2.45, 2.75) is 19.3 Å². The summed E-state index contributed by atoms with van der Waals surface area (Å²) in [5.41, 5.74) is 10.1. The third-order valence-corrected chi connectivity index (χ3v) is 10.8. The van der Waals surface area contributed by atoms with Crippen molar-refractivity contribution in [1.29, 1.82) is 0 Å². The molecule has 0 saturated heterocycles. The van der Waals surface area contributed by atoms with Crippen LogP contribution in [0.3, 0.4) is 0 Å². The molecule has 0 fully saturated rings. The lowest BCUT2D eigenvalue weighted by molar-refractivity contribution is 0.418. The second-order valence-corrected chi connectivity index (χ2v) is 14.4. The van der Waals surface area contributed by atoms with Crippen molar-refractivity contribution in [3.63, 3.8) is 0 Å². The van der Waals surface area contributed by atoms with Crippen LogP contribution >= 0.6 is 0 Å². The molecular weight excluding hydrogens is 667 g/mol. The molecule has 0 amide bonds. The van der Waals surface area contributed by atoms with Gasteiger partial charge in [0.05, 0.1) is 0 Å².